The molecule has 25 heavy (non-hydrogen) atoms. The van der Waals surface area contributed by atoms with Crippen molar-refractivity contribution in [3.63, 3.8) is 0 Å². The highest BCUT2D eigenvalue weighted by atomic mass is 16.1. The van der Waals surface area contributed by atoms with Crippen LogP contribution in [-0.2, 0) is 11.3 Å². The number of carbonyl (C=O) groups excluding carboxylic acids is 1. The maximum atomic E-state index is 12.4. The Hall–Kier alpha value is -2.22. The molecule has 0 radical (unpaired) electrons. The van der Waals surface area contributed by atoms with Gasteiger partial charge < -0.3 is 15.1 Å². The van der Waals surface area contributed by atoms with Crippen molar-refractivity contribution >= 4 is 17.4 Å². The van der Waals surface area contributed by atoms with Crippen molar-refractivity contribution in [1.82, 2.24) is 30.0 Å². The van der Waals surface area contributed by atoms with E-state index in [0.29, 0.717) is 18.0 Å². The second-order valence-electron chi connectivity index (χ2n) is 7.09. The van der Waals surface area contributed by atoms with Crippen molar-refractivity contribution in [3.8, 4) is 0 Å². The zero-order chi connectivity index (χ0) is 17.2. The average Bonchev–Trinajstić information content (AvgIpc) is 3.29. The van der Waals surface area contributed by atoms with Crippen LogP contribution in [-0.4, -0.2) is 63.8 Å². The molecule has 0 aliphatic carbocycles. The van der Waals surface area contributed by atoms with Crippen molar-refractivity contribution in [2.24, 2.45) is 5.92 Å². The van der Waals surface area contributed by atoms with Gasteiger partial charge in [-0.1, -0.05) is 0 Å². The lowest BCUT2D eigenvalue weighted by Crippen LogP contribution is -2.41. The van der Waals surface area contributed by atoms with Gasteiger partial charge in [-0.3, -0.25) is 4.79 Å². The summed E-state index contributed by atoms with van der Waals surface area (Å²) >= 11 is 0. The monoisotopic (exact) mass is 343 g/mol. The lowest BCUT2D eigenvalue weighted by Gasteiger charge is -2.28. The molecule has 2 aromatic heterocycles. The molecular weight excluding hydrogens is 318 g/mol. The van der Waals surface area contributed by atoms with Crippen LogP contribution < -0.4 is 10.2 Å². The number of rotatable bonds is 4. The van der Waals surface area contributed by atoms with Gasteiger partial charge in [-0.2, -0.15) is 4.52 Å². The maximum absolute atomic E-state index is 12.4. The third kappa shape index (κ3) is 3.44. The van der Waals surface area contributed by atoms with E-state index < -0.39 is 0 Å². The number of amides is 1. The molecule has 2 fully saturated rings. The summed E-state index contributed by atoms with van der Waals surface area (Å²) in [4.78, 5) is 16.9. The number of carbonyl (C=O) groups is 1. The summed E-state index contributed by atoms with van der Waals surface area (Å²) in [5, 5.41) is 16.1. The first-order valence-electron chi connectivity index (χ1n) is 9.13. The number of nitrogens with one attached hydrogen (secondary N) is 1. The first-order valence-corrected chi connectivity index (χ1v) is 9.13. The topological polar surface area (TPSA) is 78.7 Å². The molecule has 2 saturated heterocycles. The fourth-order valence-electron chi connectivity index (χ4n) is 3.74. The second kappa shape index (κ2) is 6.95. The van der Waals surface area contributed by atoms with Crippen molar-refractivity contribution in [3.05, 3.63) is 18.0 Å². The summed E-state index contributed by atoms with van der Waals surface area (Å²) in [5.41, 5.74) is 0.713. The number of piperidine rings is 1. The maximum Gasteiger partial charge on any atom is 0.224 e. The zero-order valence-electron chi connectivity index (χ0n) is 14.7. The van der Waals surface area contributed by atoms with E-state index in [1.54, 1.807) is 4.52 Å². The molecule has 2 aliphatic rings. The molecule has 2 aromatic rings. The lowest BCUT2D eigenvalue weighted by atomic mass is 9.98. The molecule has 1 amide bonds. The molecule has 2 aliphatic heterocycles. The minimum atomic E-state index is 0.0612. The molecule has 4 heterocycles. The normalized spacial score (nSPS) is 21.8. The molecular formula is C17H25N7O. The van der Waals surface area contributed by atoms with Crippen molar-refractivity contribution < 1.29 is 4.79 Å². The number of anilines is 1. The van der Waals surface area contributed by atoms with Gasteiger partial charge in [0, 0.05) is 19.6 Å². The van der Waals surface area contributed by atoms with Gasteiger partial charge in [0.1, 0.15) is 5.82 Å². The molecule has 0 spiro atoms. The number of aromatic nitrogens is 4. The van der Waals surface area contributed by atoms with Crippen LogP contribution in [0.3, 0.4) is 0 Å². The predicted octanol–water partition coefficient (Wildman–Crippen LogP) is 0.682. The third-order valence-electron chi connectivity index (χ3n) is 5.16. The van der Waals surface area contributed by atoms with Crippen LogP contribution in [0.4, 0.5) is 5.82 Å². The quantitative estimate of drug-likeness (QED) is 0.880. The first-order chi connectivity index (χ1) is 12.2. The van der Waals surface area contributed by atoms with Crippen molar-refractivity contribution in [2.45, 2.75) is 32.2 Å². The Morgan fingerprint density at radius 3 is 2.84 bits per heavy atom. The van der Waals surface area contributed by atoms with E-state index in [1.807, 2.05) is 12.1 Å². The van der Waals surface area contributed by atoms with E-state index in [9.17, 15) is 4.79 Å². The molecule has 1 N–H and O–H groups in total. The lowest BCUT2D eigenvalue weighted by molar-refractivity contribution is -0.126. The highest BCUT2D eigenvalue weighted by molar-refractivity contribution is 5.78. The van der Waals surface area contributed by atoms with Gasteiger partial charge in [-0.05, 0) is 51.4 Å². The van der Waals surface area contributed by atoms with Gasteiger partial charge in [0.15, 0.2) is 11.5 Å². The molecule has 4 rings (SSSR count). The van der Waals surface area contributed by atoms with Gasteiger partial charge in [-0.15, -0.1) is 15.3 Å². The van der Waals surface area contributed by atoms with Gasteiger partial charge >= 0.3 is 0 Å². The molecule has 134 valence electrons. The Bertz CT molecular complexity index is 753. The number of nitrogens with zero attached hydrogens (tertiary/aromatic N) is 6. The molecule has 8 nitrogen and oxygen atoms in total. The van der Waals surface area contributed by atoms with Crippen LogP contribution in [0.25, 0.3) is 5.65 Å². The van der Waals surface area contributed by atoms with Crippen molar-refractivity contribution in [1.29, 1.82) is 0 Å². The first kappa shape index (κ1) is 16.3. The molecule has 0 aromatic carbocycles. The Labute approximate surface area is 147 Å². The second-order valence-corrected chi connectivity index (χ2v) is 7.09. The van der Waals surface area contributed by atoms with Crippen LogP contribution in [0.15, 0.2) is 12.1 Å². The van der Waals surface area contributed by atoms with E-state index in [0.717, 1.165) is 44.8 Å². The fourth-order valence-corrected chi connectivity index (χ4v) is 3.74. The SMILES string of the molecule is CN1CCC[C@@H](C(=O)NCc2nnc3ccc(N4CCCC4)nn23)C1. The Morgan fingerprint density at radius 2 is 2.04 bits per heavy atom. The van der Waals surface area contributed by atoms with Crippen LogP contribution in [0.1, 0.15) is 31.5 Å². The molecule has 8 heteroatoms. The summed E-state index contributed by atoms with van der Waals surface area (Å²) in [5.74, 6) is 1.78. The Balaban J connectivity index is 1.45. The summed E-state index contributed by atoms with van der Waals surface area (Å²) in [6.45, 7) is 4.34. The number of hydrogen-bond donors (Lipinski definition) is 1. The molecule has 0 bridgehead atoms. The minimum absolute atomic E-state index is 0.0612. The third-order valence-corrected chi connectivity index (χ3v) is 5.16. The van der Waals surface area contributed by atoms with Crippen LogP contribution in [0.5, 0.6) is 0 Å². The van der Waals surface area contributed by atoms with Crippen LogP contribution in [0.2, 0.25) is 0 Å². The van der Waals surface area contributed by atoms with E-state index in [2.05, 4.69) is 37.5 Å². The van der Waals surface area contributed by atoms with Crippen LogP contribution in [0, 0.1) is 5.92 Å². The van der Waals surface area contributed by atoms with Gasteiger partial charge in [-0.25, -0.2) is 0 Å². The Morgan fingerprint density at radius 1 is 1.20 bits per heavy atom. The summed E-state index contributed by atoms with van der Waals surface area (Å²) < 4.78 is 1.75. The number of fused-ring (bicyclic) bond motifs is 1. The number of hydrogen-bond acceptors (Lipinski definition) is 6. The van der Waals surface area contributed by atoms with Crippen LogP contribution >= 0.6 is 0 Å². The predicted molar refractivity (Wildman–Crippen MR) is 94.3 cm³/mol. The summed E-state index contributed by atoms with van der Waals surface area (Å²) in [6.07, 6.45) is 4.44. The molecule has 0 unspecified atom stereocenters. The minimum Gasteiger partial charge on any atom is -0.355 e. The Kier molecular flexibility index (Phi) is 4.52. The van der Waals surface area contributed by atoms with E-state index >= 15 is 0 Å². The summed E-state index contributed by atoms with van der Waals surface area (Å²) in [6, 6.07) is 3.94. The summed E-state index contributed by atoms with van der Waals surface area (Å²) in [7, 11) is 2.06. The number of likely N-dealkylation sites (tertiary alicyclic amines) is 1. The van der Waals surface area contributed by atoms with Gasteiger partial charge in [0.2, 0.25) is 5.91 Å². The fraction of sp³-hybridized carbons (Fsp3) is 0.647. The van der Waals surface area contributed by atoms with Gasteiger partial charge in [0.25, 0.3) is 0 Å². The zero-order valence-corrected chi connectivity index (χ0v) is 14.7. The largest absolute Gasteiger partial charge is 0.355 e. The average molecular weight is 343 g/mol. The molecule has 1 atom stereocenters. The van der Waals surface area contributed by atoms with Gasteiger partial charge in [0.05, 0.1) is 12.5 Å². The van der Waals surface area contributed by atoms with Crippen molar-refractivity contribution in [2.75, 3.05) is 38.1 Å². The van der Waals surface area contributed by atoms with E-state index in [4.69, 9.17) is 0 Å². The van der Waals surface area contributed by atoms with E-state index in [1.165, 1.54) is 12.8 Å². The smallest absolute Gasteiger partial charge is 0.224 e. The standard InChI is InChI=1S/C17H25N7O/c1-22-8-4-5-13(12-22)17(25)18-11-16-20-19-14-6-7-15(21-24(14)16)23-9-2-3-10-23/h6-7,13H,2-5,8-12H2,1H3,(H,18,25)/t13-/m1/s1. The highest BCUT2D eigenvalue weighted by Crippen LogP contribution is 2.18. The molecule has 0 saturated carbocycles. The highest BCUT2D eigenvalue weighted by Gasteiger charge is 2.24. The van der Waals surface area contributed by atoms with E-state index in [-0.39, 0.29) is 11.8 Å².